The van der Waals surface area contributed by atoms with Crippen LogP contribution in [0.3, 0.4) is 0 Å². The number of esters is 1. The van der Waals surface area contributed by atoms with E-state index >= 15 is 0 Å². The van der Waals surface area contributed by atoms with Crippen molar-refractivity contribution in [3.05, 3.63) is 36.0 Å². The fourth-order valence-corrected chi connectivity index (χ4v) is 2.05. The number of carbonyl (C=O) groups is 1. The molecule has 0 aliphatic rings. The number of aliphatic hydroxyl groups is 1. The van der Waals surface area contributed by atoms with Crippen molar-refractivity contribution in [2.75, 3.05) is 0 Å². The lowest BCUT2D eigenvalue weighted by Crippen LogP contribution is -2.22. The lowest BCUT2D eigenvalue weighted by molar-refractivity contribution is -0.151. The van der Waals surface area contributed by atoms with Gasteiger partial charge in [0, 0.05) is 6.42 Å². The summed E-state index contributed by atoms with van der Waals surface area (Å²) in [5.41, 5.74) is 1.46. The molecule has 0 heterocycles. The van der Waals surface area contributed by atoms with Gasteiger partial charge in [-0.1, -0.05) is 37.1 Å². The zero-order valence-electron chi connectivity index (χ0n) is 15.7. The molecule has 0 spiro atoms. The van der Waals surface area contributed by atoms with E-state index in [0.29, 0.717) is 12.8 Å². The Kier molecular flexibility index (Phi) is 9.82. The molecule has 23 heavy (non-hydrogen) atoms. The van der Waals surface area contributed by atoms with Crippen molar-refractivity contribution in [2.45, 2.75) is 78.9 Å². The molecule has 0 aromatic carbocycles. The van der Waals surface area contributed by atoms with E-state index in [9.17, 15) is 9.90 Å². The van der Waals surface area contributed by atoms with E-state index in [0.717, 1.165) is 24.0 Å². The van der Waals surface area contributed by atoms with Crippen molar-refractivity contribution in [1.29, 1.82) is 0 Å². The van der Waals surface area contributed by atoms with Gasteiger partial charge in [-0.15, -0.1) is 6.58 Å². The Morgan fingerprint density at radius 2 is 1.96 bits per heavy atom. The van der Waals surface area contributed by atoms with Crippen LogP contribution in [-0.4, -0.2) is 22.8 Å². The van der Waals surface area contributed by atoms with Crippen molar-refractivity contribution in [1.82, 2.24) is 0 Å². The van der Waals surface area contributed by atoms with E-state index in [4.69, 9.17) is 4.74 Å². The number of hydrogen-bond acceptors (Lipinski definition) is 3. The zero-order chi connectivity index (χ0) is 18.0. The maximum Gasteiger partial charge on any atom is 0.309 e. The molecule has 3 heteroatoms. The average molecular weight is 322 g/mol. The Balaban J connectivity index is 4.73. The first-order chi connectivity index (χ1) is 10.6. The summed E-state index contributed by atoms with van der Waals surface area (Å²) in [4.78, 5) is 12.0. The van der Waals surface area contributed by atoms with Crippen LogP contribution >= 0.6 is 0 Å². The van der Waals surface area contributed by atoms with E-state index in [1.54, 1.807) is 13.0 Å². The summed E-state index contributed by atoms with van der Waals surface area (Å²) in [6.45, 7) is 15.3. The minimum absolute atomic E-state index is 0.0740. The molecule has 0 fully saturated rings. The second kappa shape index (κ2) is 10.4. The topological polar surface area (TPSA) is 46.5 Å². The number of allylic oxidation sites excluding steroid dienone is 2. The Hall–Kier alpha value is -1.35. The highest BCUT2D eigenvalue weighted by atomic mass is 16.5. The fraction of sp³-hybridized carbons (Fsp3) is 0.650. The van der Waals surface area contributed by atoms with Crippen LogP contribution in [0.25, 0.3) is 0 Å². The largest absolute Gasteiger partial charge is 0.458 e. The first-order valence-corrected chi connectivity index (χ1v) is 8.48. The third kappa shape index (κ3) is 10.1. The second-order valence-electron chi connectivity index (χ2n) is 6.88. The molecule has 0 rings (SSSR count). The second-order valence-corrected chi connectivity index (χ2v) is 6.88. The lowest BCUT2D eigenvalue weighted by Gasteiger charge is -2.19. The zero-order valence-corrected chi connectivity index (χ0v) is 15.7. The smallest absolute Gasteiger partial charge is 0.309 e. The maximum atomic E-state index is 12.0. The Labute approximate surface area is 142 Å². The van der Waals surface area contributed by atoms with Gasteiger partial charge in [0.1, 0.15) is 6.10 Å². The van der Waals surface area contributed by atoms with Gasteiger partial charge in [0.05, 0.1) is 11.5 Å². The molecular weight excluding hydrogens is 288 g/mol. The van der Waals surface area contributed by atoms with Gasteiger partial charge in [-0.25, -0.2) is 0 Å². The molecule has 0 saturated carbocycles. The fourth-order valence-electron chi connectivity index (χ4n) is 2.05. The van der Waals surface area contributed by atoms with Crippen LogP contribution < -0.4 is 0 Å². The van der Waals surface area contributed by atoms with Crippen LogP contribution in [-0.2, 0) is 9.53 Å². The van der Waals surface area contributed by atoms with Gasteiger partial charge in [0.2, 0.25) is 0 Å². The summed E-state index contributed by atoms with van der Waals surface area (Å²) in [5, 5.41) is 9.92. The van der Waals surface area contributed by atoms with Crippen LogP contribution in [0, 0.1) is 5.92 Å². The summed E-state index contributed by atoms with van der Waals surface area (Å²) < 4.78 is 5.63. The van der Waals surface area contributed by atoms with Crippen molar-refractivity contribution >= 4 is 5.97 Å². The Morgan fingerprint density at radius 1 is 1.35 bits per heavy atom. The summed E-state index contributed by atoms with van der Waals surface area (Å²) in [6, 6.07) is 0. The minimum atomic E-state index is -0.834. The van der Waals surface area contributed by atoms with Crippen LogP contribution in [0.1, 0.15) is 67.2 Å². The quantitative estimate of drug-likeness (QED) is 0.456. The monoisotopic (exact) mass is 322 g/mol. The SMILES string of the molecule is C=C[C@@](C)(O)CC/C=C(\C)C[C@@H](C=C(C)C)OC(=O)[C@H](C)CC. The number of carbonyl (C=O) groups excluding carboxylic acids is 1. The molecule has 1 N–H and O–H groups in total. The highest BCUT2D eigenvalue weighted by Crippen LogP contribution is 2.18. The molecule has 0 bridgehead atoms. The minimum Gasteiger partial charge on any atom is -0.458 e. The van der Waals surface area contributed by atoms with E-state index in [1.165, 1.54) is 0 Å². The lowest BCUT2D eigenvalue weighted by atomic mass is 9.98. The van der Waals surface area contributed by atoms with Crippen molar-refractivity contribution in [3.8, 4) is 0 Å². The maximum absolute atomic E-state index is 12.0. The van der Waals surface area contributed by atoms with E-state index in [1.807, 2.05) is 40.7 Å². The predicted molar refractivity (Wildman–Crippen MR) is 97.2 cm³/mol. The first kappa shape index (κ1) is 21.6. The van der Waals surface area contributed by atoms with Crippen molar-refractivity contribution < 1.29 is 14.6 Å². The van der Waals surface area contributed by atoms with Gasteiger partial charge in [-0.2, -0.15) is 0 Å². The Bertz CT molecular complexity index is 440. The number of ether oxygens (including phenoxy) is 1. The highest BCUT2D eigenvalue weighted by Gasteiger charge is 2.18. The standard InChI is InChI=1S/C20H34O3/c1-8-17(6)19(21)23-18(13-15(3)4)14-16(5)11-10-12-20(7,22)9-2/h9,11,13,17-18,22H,2,8,10,12,14H2,1,3-7H3/b16-11+/t17-,18-,20-/m1/s1. The molecule has 0 aliphatic carbocycles. The highest BCUT2D eigenvalue weighted by molar-refractivity contribution is 5.72. The third-order valence-electron chi connectivity index (χ3n) is 3.91. The molecule has 0 unspecified atom stereocenters. The van der Waals surface area contributed by atoms with Crippen molar-refractivity contribution in [3.63, 3.8) is 0 Å². The molecule has 0 radical (unpaired) electrons. The normalized spacial score (nSPS) is 16.9. The molecule has 0 aromatic rings. The molecule has 0 aliphatic heterocycles. The van der Waals surface area contributed by atoms with E-state index < -0.39 is 5.60 Å². The van der Waals surface area contributed by atoms with Crippen LogP contribution in [0.2, 0.25) is 0 Å². The average Bonchev–Trinajstić information content (AvgIpc) is 2.45. The molecule has 3 nitrogen and oxygen atoms in total. The summed E-state index contributed by atoms with van der Waals surface area (Å²) >= 11 is 0. The van der Waals surface area contributed by atoms with Crippen molar-refractivity contribution in [2.24, 2.45) is 5.92 Å². The van der Waals surface area contributed by atoms with Crippen LogP contribution in [0.4, 0.5) is 0 Å². The number of rotatable bonds is 10. The van der Waals surface area contributed by atoms with Gasteiger partial charge in [0.15, 0.2) is 0 Å². The van der Waals surface area contributed by atoms with Crippen LogP contribution in [0.15, 0.2) is 36.0 Å². The predicted octanol–water partition coefficient (Wildman–Crippen LogP) is 4.96. The summed E-state index contributed by atoms with van der Waals surface area (Å²) in [5.74, 6) is -0.215. The van der Waals surface area contributed by atoms with E-state index in [-0.39, 0.29) is 18.0 Å². The summed E-state index contributed by atoms with van der Waals surface area (Å²) in [7, 11) is 0. The van der Waals surface area contributed by atoms with Gasteiger partial charge < -0.3 is 9.84 Å². The van der Waals surface area contributed by atoms with E-state index in [2.05, 4.69) is 12.7 Å². The van der Waals surface area contributed by atoms with Crippen LogP contribution in [0.5, 0.6) is 0 Å². The van der Waals surface area contributed by atoms with Gasteiger partial charge >= 0.3 is 5.97 Å². The Morgan fingerprint density at radius 3 is 2.43 bits per heavy atom. The molecule has 0 aromatic heterocycles. The first-order valence-electron chi connectivity index (χ1n) is 8.48. The molecular formula is C20H34O3. The van der Waals surface area contributed by atoms with Gasteiger partial charge in [-0.05, 0) is 53.0 Å². The number of hydrogen-bond donors (Lipinski definition) is 1. The molecule has 132 valence electrons. The molecule has 0 amide bonds. The van der Waals surface area contributed by atoms with Gasteiger partial charge in [0.25, 0.3) is 0 Å². The molecule has 3 atom stereocenters. The summed E-state index contributed by atoms with van der Waals surface area (Å²) in [6.07, 6.45) is 8.31. The van der Waals surface area contributed by atoms with Gasteiger partial charge in [-0.3, -0.25) is 4.79 Å². The molecule has 0 saturated heterocycles. The third-order valence-corrected chi connectivity index (χ3v) is 3.91.